The molecule has 2 aliphatic rings. The van der Waals surface area contributed by atoms with Gasteiger partial charge in [0.2, 0.25) is 0 Å². The molecule has 0 spiro atoms. The molecule has 1 saturated heterocycles. The lowest BCUT2D eigenvalue weighted by Crippen LogP contribution is -2.38. The maximum Gasteiger partial charge on any atom is 0.0597 e. The van der Waals surface area contributed by atoms with Gasteiger partial charge in [-0.2, -0.15) is 0 Å². The Morgan fingerprint density at radius 3 is 2.07 bits per heavy atom. The van der Waals surface area contributed by atoms with Crippen molar-refractivity contribution in [1.82, 2.24) is 5.32 Å². The molecule has 0 aromatic rings. The van der Waals surface area contributed by atoms with Crippen LogP contribution in [0.5, 0.6) is 0 Å². The van der Waals surface area contributed by atoms with Crippen molar-refractivity contribution in [2.24, 2.45) is 17.8 Å². The lowest BCUT2D eigenvalue weighted by molar-refractivity contribution is 0.0159. The van der Waals surface area contributed by atoms with Crippen LogP contribution in [-0.4, -0.2) is 24.3 Å². The van der Waals surface area contributed by atoms with Crippen LogP contribution in [0.25, 0.3) is 0 Å². The van der Waals surface area contributed by atoms with E-state index in [1.807, 2.05) is 0 Å². The van der Waals surface area contributed by atoms with Crippen LogP contribution in [0, 0.1) is 17.8 Å². The molecule has 88 valence electrons. The minimum Gasteiger partial charge on any atom is -0.393 e. The number of piperidine rings is 1. The second-order valence-corrected chi connectivity index (χ2v) is 5.60. The van der Waals surface area contributed by atoms with E-state index in [0.717, 1.165) is 19.0 Å². The Balaban J connectivity index is 1.81. The Morgan fingerprint density at radius 2 is 1.47 bits per heavy atom. The van der Waals surface area contributed by atoms with E-state index in [1.54, 1.807) is 0 Å². The predicted octanol–water partition coefficient (Wildman–Crippen LogP) is 2.17. The zero-order valence-corrected chi connectivity index (χ0v) is 9.91. The van der Waals surface area contributed by atoms with Crippen LogP contribution in [0.2, 0.25) is 0 Å². The highest BCUT2D eigenvalue weighted by atomic mass is 16.3. The zero-order valence-electron chi connectivity index (χ0n) is 9.91. The molecule has 1 unspecified atom stereocenters. The molecule has 15 heavy (non-hydrogen) atoms. The zero-order chi connectivity index (χ0) is 10.7. The van der Waals surface area contributed by atoms with E-state index >= 15 is 0 Å². The highest BCUT2D eigenvalue weighted by molar-refractivity contribution is 4.83. The van der Waals surface area contributed by atoms with Gasteiger partial charge < -0.3 is 10.4 Å². The van der Waals surface area contributed by atoms with Crippen molar-refractivity contribution in [2.75, 3.05) is 13.1 Å². The number of nitrogens with one attached hydrogen (secondary N) is 1. The third-order valence-electron chi connectivity index (χ3n) is 4.41. The van der Waals surface area contributed by atoms with Crippen molar-refractivity contribution >= 4 is 0 Å². The first-order valence-electron chi connectivity index (χ1n) is 6.66. The molecule has 0 bridgehead atoms. The standard InChI is InChI=1S/C13H25NO/c1-10-2-4-11(5-3-10)13(15)12-6-8-14-9-7-12/h10-15H,2-9H2,1H3. The van der Waals surface area contributed by atoms with E-state index < -0.39 is 0 Å². The van der Waals surface area contributed by atoms with Crippen molar-refractivity contribution in [3.8, 4) is 0 Å². The molecule has 0 radical (unpaired) electrons. The lowest BCUT2D eigenvalue weighted by atomic mass is 9.75. The van der Waals surface area contributed by atoms with E-state index in [4.69, 9.17) is 0 Å². The van der Waals surface area contributed by atoms with E-state index in [9.17, 15) is 5.11 Å². The number of hydrogen-bond donors (Lipinski definition) is 2. The minimum absolute atomic E-state index is 0.0143. The maximum absolute atomic E-state index is 10.4. The van der Waals surface area contributed by atoms with Crippen LogP contribution in [0.1, 0.15) is 45.4 Å². The van der Waals surface area contributed by atoms with Crippen molar-refractivity contribution < 1.29 is 5.11 Å². The summed E-state index contributed by atoms with van der Waals surface area (Å²) in [6, 6.07) is 0. The van der Waals surface area contributed by atoms with Gasteiger partial charge in [-0.15, -0.1) is 0 Å². The van der Waals surface area contributed by atoms with E-state index in [2.05, 4.69) is 12.2 Å². The number of hydrogen-bond acceptors (Lipinski definition) is 2. The number of rotatable bonds is 2. The first-order valence-corrected chi connectivity index (χ1v) is 6.66. The van der Waals surface area contributed by atoms with Gasteiger partial charge in [-0.3, -0.25) is 0 Å². The molecule has 2 N–H and O–H groups in total. The van der Waals surface area contributed by atoms with Gasteiger partial charge in [0.15, 0.2) is 0 Å². The van der Waals surface area contributed by atoms with Crippen LogP contribution in [-0.2, 0) is 0 Å². The summed E-state index contributed by atoms with van der Waals surface area (Å²) >= 11 is 0. The molecule has 2 nitrogen and oxygen atoms in total. The molecule has 0 amide bonds. The molecule has 0 aromatic heterocycles. The van der Waals surface area contributed by atoms with Crippen LogP contribution < -0.4 is 5.32 Å². The summed E-state index contributed by atoms with van der Waals surface area (Å²) in [6.07, 6.45) is 7.50. The molecule has 1 saturated carbocycles. The van der Waals surface area contributed by atoms with Crippen LogP contribution in [0.15, 0.2) is 0 Å². The van der Waals surface area contributed by atoms with Gasteiger partial charge >= 0.3 is 0 Å². The highest BCUT2D eigenvalue weighted by Gasteiger charge is 2.30. The molecule has 2 heteroatoms. The Hall–Kier alpha value is -0.0800. The highest BCUT2D eigenvalue weighted by Crippen LogP contribution is 2.34. The Morgan fingerprint density at radius 1 is 0.933 bits per heavy atom. The van der Waals surface area contributed by atoms with E-state index in [0.29, 0.717) is 11.8 Å². The van der Waals surface area contributed by atoms with Crippen molar-refractivity contribution in [3.05, 3.63) is 0 Å². The molecule has 2 rings (SSSR count). The maximum atomic E-state index is 10.4. The summed E-state index contributed by atoms with van der Waals surface area (Å²) in [6.45, 7) is 4.54. The third kappa shape index (κ3) is 2.94. The monoisotopic (exact) mass is 211 g/mol. The minimum atomic E-state index is -0.0143. The normalized spacial score (nSPS) is 36.4. The van der Waals surface area contributed by atoms with Gasteiger partial charge in [0.25, 0.3) is 0 Å². The van der Waals surface area contributed by atoms with Crippen molar-refractivity contribution in [3.63, 3.8) is 0 Å². The van der Waals surface area contributed by atoms with Gasteiger partial charge in [-0.1, -0.05) is 19.8 Å². The summed E-state index contributed by atoms with van der Waals surface area (Å²) in [5, 5.41) is 13.7. The van der Waals surface area contributed by atoms with Crippen molar-refractivity contribution in [2.45, 2.75) is 51.6 Å². The van der Waals surface area contributed by atoms with Crippen molar-refractivity contribution in [1.29, 1.82) is 0 Å². The number of aliphatic hydroxyl groups excluding tert-OH is 1. The summed E-state index contributed by atoms with van der Waals surface area (Å²) in [5.74, 6) is 2.07. The average Bonchev–Trinajstić information content (AvgIpc) is 2.30. The van der Waals surface area contributed by atoms with Gasteiger partial charge in [0.1, 0.15) is 0 Å². The summed E-state index contributed by atoms with van der Waals surface area (Å²) in [5.41, 5.74) is 0. The molecular weight excluding hydrogens is 186 g/mol. The Labute approximate surface area is 93.5 Å². The Bertz CT molecular complexity index is 181. The largest absolute Gasteiger partial charge is 0.393 e. The first-order chi connectivity index (χ1) is 7.27. The first kappa shape index (κ1) is 11.4. The van der Waals surface area contributed by atoms with Gasteiger partial charge in [0.05, 0.1) is 6.10 Å². The van der Waals surface area contributed by atoms with E-state index in [1.165, 1.54) is 38.5 Å². The molecular formula is C13H25NO. The average molecular weight is 211 g/mol. The molecule has 1 atom stereocenters. The molecule has 1 aliphatic heterocycles. The molecule has 2 fully saturated rings. The fraction of sp³-hybridized carbons (Fsp3) is 1.00. The lowest BCUT2D eigenvalue weighted by Gasteiger charge is -2.36. The predicted molar refractivity (Wildman–Crippen MR) is 62.7 cm³/mol. The second-order valence-electron chi connectivity index (χ2n) is 5.60. The van der Waals surface area contributed by atoms with Crippen LogP contribution in [0.3, 0.4) is 0 Å². The second kappa shape index (κ2) is 5.31. The fourth-order valence-electron chi connectivity index (χ4n) is 3.20. The van der Waals surface area contributed by atoms with Gasteiger partial charge in [-0.05, 0) is 56.5 Å². The number of aliphatic hydroxyl groups is 1. The molecule has 0 aromatic carbocycles. The SMILES string of the molecule is CC1CCC(C(O)C2CCNCC2)CC1. The summed E-state index contributed by atoms with van der Waals surface area (Å²) < 4.78 is 0. The molecule has 1 aliphatic carbocycles. The topological polar surface area (TPSA) is 32.3 Å². The molecule has 1 heterocycles. The third-order valence-corrected chi connectivity index (χ3v) is 4.41. The summed E-state index contributed by atoms with van der Waals surface area (Å²) in [4.78, 5) is 0. The van der Waals surface area contributed by atoms with Crippen LogP contribution >= 0.6 is 0 Å². The van der Waals surface area contributed by atoms with Crippen LogP contribution in [0.4, 0.5) is 0 Å². The Kier molecular flexibility index (Phi) is 4.04. The summed E-state index contributed by atoms with van der Waals surface area (Å²) in [7, 11) is 0. The quantitative estimate of drug-likeness (QED) is 0.733. The van der Waals surface area contributed by atoms with E-state index in [-0.39, 0.29) is 6.10 Å². The van der Waals surface area contributed by atoms with Gasteiger partial charge in [0, 0.05) is 0 Å². The van der Waals surface area contributed by atoms with Gasteiger partial charge in [-0.25, -0.2) is 0 Å². The smallest absolute Gasteiger partial charge is 0.0597 e. The fourth-order valence-corrected chi connectivity index (χ4v) is 3.20.